The normalized spacial score (nSPS) is 18.8. The molecule has 0 aliphatic heterocycles. The molecule has 7 nitrogen and oxygen atoms in total. The van der Waals surface area contributed by atoms with Crippen molar-refractivity contribution in [1.82, 2.24) is 0 Å². The van der Waals surface area contributed by atoms with E-state index in [4.69, 9.17) is 25.1 Å². The smallest absolute Gasteiger partial charge is 0.323 e. The van der Waals surface area contributed by atoms with Gasteiger partial charge in [0.2, 0.25) is 0 Å². The molecule has 96 valence electrons. The molecule has 0 fully saturated rings. The Kier molecular flexibility index (Phi) is 7.18. The van der Waals surface area contributed by atoms with E-state index < -0.39 is 30.3 Å². The first-order chi connectivity index (χ1) is 7.49. The van der Waals surface area contributed by atoms with E-state index in [-0.39, 0.29) is 6.61 Å². The third-order valence-corrected chi connectivity index (χ3v) is 2.26. The molecule has 0 aliphatic rings. The summed E-state index contributed by atoms with van der Waals surface area (Å²) in [6.07, 6.45) is -2.93. The molecule has 0 aromatic heterocycles. The van der Waals surface area contributed by atoms with Crippen molar-refractivity contribution >= 4 is 5.97 Å². The summed E-state index contributed by atoms with van der Waals surface area (Å²) in [5.74, 6) is -1.25. The number of hydrogen-bond donors (Lipinski definition) is 3. The van der Waals surface area contributed by atoms with Crippen LogP contribution in [-0.2, 0) is 19.0 Å². The molecule has 0 radical (unpaired) electrons. The summed E-state index contributed by atoms with van der Waals surface area (Å²) < 4.78 is 14.7. The van der Waals surface area contributed by atoms with Gasteiger partial charge in [0.05, 0.1) is 6.61 Å². The number of carboxylic acid groups (broad SMARTS) is 1. The molecule has 0 aromatic rings. The minimum atomic E-state index is -1.32. The molecule has 0 spiro atoms. The lowest BCUT2D eigenvalue weighted by Crippen LogP contribution is -2.54. The average Bonchev–Trinajstić information content (AvgIpc) is 2.26. The molecular formula is C9H19NO6. The second kappa shape index (κ2) is 7.53. The number of aliphatic hydroxyl groups excluding tert-OH is 1. The maximum Gasteiger partial charge on any atom is 0.323 e. The van der Waals surface area contributed by atoms with E-state index in [1.807, 2.05) is 0 Å². The Balaban J connectivity index is 4.60. The van der Waals surface area contributed by atoms with Crippen LogP contribution >= 0.6 is 0 Å². The summed E-state index contributed by atoms with van der Waals surface area (Å²) >= 11 is 0. The van der Waals surface area contributed by atoms with Crippen LogP contribution in [0.5, 0.6) is 0 Å². The Morgan fingerprint density at radius 2 is 1.88 bits per heavy atom. The number of nitrogens with two attached hydrogens (primary N) is 1. The van der Waals surface area contributed by atoms with Crippen molar-refractivity contribution in [3.05, 3.63) is 0 Å². The zero-order chi connectivity index (χ0) is 12.7. The van der Waals surface area contributed by atoms with Gasteiger partial charge in [-0.3, -0.25) is 4.79 Å². The molecule has 16 heavy (non-hydrogen) atoms. The molecule has 0 rings (SSSR count). The monoisotopic (exact) mass is 237 g/mol. The van der Waals surface area contributed by atoms with Gasteiger partial charge in [-0.2, -0.15) is 0 Å². The van der Waals surface area contributed by atoms with E-state index >= 15 is 0 Å². The van der Waals surface area contributed by atoms with E-state index in [2.05, 4.69) is 0 Å². The van der Waals surface area contributed by atoms with Crippen molar-refractivity contribution < 1.29 is 29.2 Å². The molecule has 4 atom stereocenters. The first-order valence-electron chi connectivity index (χ1n) is 4.70. The molecule has 0 heterocycles. The van der Waals surface area contributed by atoms with Gasteiger partial charge in [0, 0.05) is 21.3 Å². The van der Waals surface area contributed by atoms with E-state index in [0.717, 1.165) is 0 Å². The molecule has 0 saturated carbocycles. The Bertz CT molecular complexity index is 212. The summed E-state index contributed by atoms with van der Waals surface area (Å²) in [6.45, 7) is 0.115. The predicted molar refractivity (Wildman–Crippen MR) is 55.1 cm³/mol. The number of aliphatic hydroxyl groups is 1. The minimum Gasteiger partial charge on any atom is -0.480 e. The third kappa shape index (κ3) is 4.03. The van der Waals surface area contributed by atoms with Gasteiger partial charge in [0.25, 0.3) is 0 Å². The quantitative estimate of drug-likeness (QED) is 0.468. The average molecular weight is 237 g/mol. The van der Waals surface area contributed by atoms with Gasteiger partial charge < -0.3 is 30.2 Å². The van der Waals surface area contributed by atoms with Crippen LogP contribution in [0.2, 0.25) is 0 Å². The minimum absolute atomic E-state index is 0.115. The highest BCUT2D eigenvalue weighted by Gasteiger charge is 2.35. The van der Waals surface area contributed by atoms with Gasteiger partial charge in [0.15, 0.2) is 0 Å². The first kappa shape index (κ1) is 15.3. The van der Waals surface area contributed by atoms with Crippen LogP contribution in [0.3, 0.4) is 0 Å². The Morgan fingerprint density at radius 1 is 1.31 bits per heavy atom. The van der Waals surface area contributed by atoms with Gasteiger partial charge in [-0.1, -0.05) is 0 Å². The first-order valence-corrected chi connectivity index (χ1v) is 4.70. The van der Waals surface area contributed by atoms with Crippen molar-refractivity contribution in [3.63, 3.8) is 0 Å². The Labute approximate surface area is 94.1 Å². The molecule has 7 heteroatoms. The summed E-state index contributed by atoms with van der Waals surface area (Å²) in [5, 5.41) is 18.6. The highest BCUT2D eigenvalue weighted by molar-refractivity contribution is 5.74. The lowest BCUT2D eigenvalue weighted by Gasteiger charge is -2.29. The van der Waals surface area contributed by atoms with Gasteiger partial charge in [-0.25, -0.2) is 0 Å². The van der Waals surface area contributed by atoms with Crippen molar-refractivity contribution in [2.45, 2.75) is 24.4 Å². The van der Waals surface area contributed by atoms with E-state index in [1.165, 1.54) is 21.3 Å². The van der Waals surface area contributed by atoms with E-state index in [9.17, 15) is 9.90 Å². The largest absolute Gasteiger partial charge is 0.480 e. The van der Waals surface area contributed by atoms with Gasteiger partial charge in [-0.15, -0.1) is 0 Å². The maximum absolute atomic E-state index is 10.7. The van der Waals surface area contributed by atoms with E-state index in [0.29, 0.717) is 0 Å². The van der Waals surface area contributed by atoms with Crippen molar-refractivity contribution in [1.29, 1.82) is 0 Å². The Hall–Kier alpha value is -0.730. The van der Waals surface area contributed by atoms with Crippen LogP contribution in [0.25, 0.3) is 0 Å². The number of ether oxygens (including phenoxy) is 3. The van der Waals surface area contributed by atoms with Gasteiger partial charge in [0.1, 0.15) is 24.4 Å². The SMILES string of the molecule is COC[C@@H](OC)[C@H](O)[C@H](OC)[C@H](N)C(=O)O. The second-order valence-electron chi connectivity index (χ2n) is 3.28. The van der Waals surface area contributed by atoms with Gasteiger partial charge >= 0.3 is 5.97 Å². The van der Waals surface area contributed by atoms with Crippen LogP contribution in [0.4, 0.5) is 0 Å². The molecule has 0 amide bonds. The number of methoxy groups -OCH3 is 3. The number of aliphatic carboxylic acids is 1. The van der Waals surface area contributed by atoms with Crippen LogP contribution in [-0.4, -0.2) is 68.5 Å². The molecule has 0 aliphatic carbocycles. The molecule has 0 saturated heterocycles. The number of carboxylic acids is 1. The van der Waals surface area contributed by atoms with Crippen molar-refractivity contribution in [3.8, 4) is 0 Å². The van der Waals surface area contributed by atoms with Gasteiger partial charge in [-0.05, 0) is 0 Å². The predicted octanol–water partition coefficient (Wildman–Crippen LogP) is -1.56. The fourth-order valence-corrected chi connectivity index (χ4v) is 1.32. The highest BCUT2D eigenvalue weighted by atomic mass is 16.5. The maximum atomic E-state index is 10.7. The number of rotatable bonds is 8. The molecule has 0 bridgehead atoms. The van der Waals surface area contributed by atoms with Crippen LogP contribution < -0.4 is 5.73 Å². The third-order valence-electron chi connectivity index (χ3n) is 2.26. The van der Waals surface area contributed by atoms with Crippen molar-refractivity contribution in [2.24, 2.45) is 5.73 Å². The lowest BCUT2D eigenvalue weighted by atomic mass is 10.0. The van der Waals surface area contributed by atoms with Crippen LogP contribution in [0, 0.1) is 0 Å². The number of carbonyl (C=O) groups is 1. The summed E-state index contributed by atoms with van der Waals surface area (Å²) in [4.78, 5) is 10.7. The fourth-order valence-electron chi connectivity index (χ4n) is 1.32. The molecular weight excluding hydrogens is 218 g/mol. The summed E-state index contributed by atoms with van der Waals surface area (Å²) in [6, 6.07) is -1.32. The second-order valence-corrected chi connectivity index (χ2v) is 3.28. The fraction of sp³-hybridized carbons (Fsp3) is 0.889. The zero-order valence-electron chi connectivity index (χ0n) is 9.62. The van der Waals surface area contributed by atoms with Crippen LogP contribution in [0.1, 0.15) is 0 Å². The Morgan fingerprint density at radius 3 is 2.19 bits per heavy atom. The molecule has 0 aromatic carbocycles. The highest BCUT2D eigenvalue weighted by Crippen LogP contribution is 2.10. The standard InChI is InChI=1S/C9H19NO6/c1-14-4-5(15-2)7(11)8(16-3)6(10)9(12)13/h5-8,11H,4,10H2,1-3H3,(H,12,13)/t5-,6+,7+,8-/m1/s1. The van der Waals surface area contributed by atoms with Crippen LogP contribution in [0.15, 0.2) is 0 Å². The van der Waals surface area contributed by atoms with E-state index in [1.54, 1.807) is 0 Å². The summed E-state index contributed by atoms with van der Waals surface area (Å²) in [7, 11) is 4.10. The topological polar surface area (TPSA) is 111 Å². The molecule has 0 unspecified atom stereocenters. The summed E-state index contributed by atoms with van der Waals surface area (Å²) in [5.41, 5.74) is 5.38. The lowest BCUT2D eigenvalue weighted by molar-refractivity contribution is -0.151. The number of hydrogen-bond acceptors (Lipinski definition) is 6. The zero-order valence-corrected chi connectivity index (χ0v) is 9.62. The molecule has 4 N–H and O–H groups in total. The van der Waals surface area contributed by atoms with Crippen molar-refractivity contribution in [2.75, 3.05) is 27.9 Å².